The highest BCUT2D eigenvalue weighted by molar-refractivity contribution is 9.10. The van der Waals surface area contributed by atoms with Gasteiger partial charge in [-0.05, 0) is 54.3 Å². The van der Waals surface area contributed by atoms with Gasteiger partial charge < -0.3 is 9.88 Å². The molecular formula is C15H21BrN2. The number of nitrogens with zero attached hydrogens (tertiary/aromatic N) is 1. The number of hydrogen-bond acceptors (Lipinski definition) is 1. The van der Waals surface area contributed by atoms with Gasteiger partial charge in [-0.1, -0.05) is 25.1 Å². The predicted octanol–water partition coefficient (Wildman–Crippen LogP) is 4.18. The number of aryl methyl sites for hydroxylation is 1. The van der Waals surface area contributed by atoms with Crippen LogP contribution in [0.25, 0.3) is 10.9 Å². The second-order valence-electron chi connectivity index (χ2n) is 4.64. The van der Waals surface area contributed by atoms with Crippen LogP contribution in [-0.4, -0.2) is 17.7 Å². The van der Waals surface area contributed by atoms with Crippen LogP contribution in [0.4, 0.5) is 0 Å². The van der Waals surface area contributed by atoms with E-state index in [4.69, 9.17) is 0 Å². The van der Waals surface area contributed by atoms with Gasteiger partial charge in [0.15, 0.2) is 0 Å². The Balaban J connectivity index is 1.88. The molecule has 0 amide bonds. The number of para-hydroxylation sites is 1. The van der Waals surface area contributed by atoms with Crippen LogP contribution in [0.2, 0.25) is 0 Å². The maximum absolute atomic E-state index is 3.63. The van der Waals surface area contributed by atoms with Crippen LogP contribution in [0.5, 0.6) is 0 Å². The Kier molecular flexibility index (Phi) is 5.26. The van der Waals surface area contributed by atoms with E-state index in [0.29, 0.717) is 0 Å². The first-order valence-electron chi connectivity index (χ1n) is 6.77. The Labute approximate surface area is 118 Å². The van der Waals surface area contributed by atoms with Crippen LogP contribution in [0, 0.1) is 0 Å². The van der Waals surface area contributed by atoms with E-state index in [2.05, 4.69) is 63.2 Å². The second-order valence-corrected chi connectivity index (χ2v) is 5.50. The van der Waals surface area contributed by atoms with Gasteiger partial charge >= 0.3 is 0 Å². The number of halogens is 1. The van der Waals surface area contributed by atoms with Crippen LogP contribution in [-0.2, 0) is 6.54 Å². The topological polar surface area (TPSA) is 17.0 Å². The zero-order chi connectivity index (χ0) is 12.8. The molecule has 1 aromatic carbocycles. The van der Waals surface area contributed by atoms with E-state index in [1.165, 1.54) is 34.6 Å². The molecule has 0 aliphatic carbocycles. The number of hydrogen-bond donors (Lipinski definition) is 1. The SMILES string of the molecule is CCCNCCCCn1cc(Br)c2ccccc21. The van der Waals surface area contributed by atoms with Crippen molar-refractivity contribution in [2.75, 3.05) is 13.1 Å². The highest BCUT2D eigenvalue weighted by Crippen LogP contribution is 2.26. The van der Waals surface area contributed by atoms with Gasteiger partial charge in [0.1, 0.15) is 0 Å². The monoisotopic (exact) mass is 308 g/mol. The normalized spacial score (nSPS) is 11.2. The van der Waals surface area contributed by atoms with Gasteiger partial charge in [0.2, 0.25) is 0 Å². The molecule has 1 heterocycles. The van der Waals surface area contributed by atoms with Gasteiger partial charge in [-0.25, -0.2) is 0 Å². The first kappa shape index (κ1) is 13.6. The summed E-state index contributed by atoms with van der Waals surface area (Å²) in [6.45, 7) is 5.57. The average Bonchev–Trinajstić information content (AvgIpc) is 2.71. The van der Waals surface area contributed by atoms with Gasteiger partial charge in [-0.3, -0.25) is 0 Å². The molecule has 2 nitrogen and oxygen atoms in total. The van der Waals surface area contributed by atoms with Crippen molar-refractivity contribution >= 4 is 26.8 Å². The molecule has 3 heteroatoms. The van der Waals surface area contributed by atoms with E-state index in [1.54, 1.807) is 0 Å². The molecule has 0 bridgehead atoms. The number of nitrogens with one attached hydrogen (secondary N) is 1. The molecule has 98 valence electrons. The molecule has 0 radical (unpaired) electrons. The van der Waals surface area contributed by atoms with Gasteiger partial charge in [-0.15, -0.1) is 0 Å². The van der Waals surface area contributed by atoms with Crippen LogP contribution in [0.15, 0.2) is 34.9 Å². The van der Waals surface area contributed by atoms with Gasteiger partial charge in [0.05, 0.1) is 0 Å². The van der Waals surface area contributed by atoms with Crippen molar-refractivity contribution in [1.29, 1.82) is 0 Å². The molecule has 2 rings (SSSR count). The minimum atomic E-state index is 1.10. The summed E-state index contributed by atoms with van der Waals surface area (Å²) in [7, 11) is 0. The van der Waals surface area contributed by atoms with Crippen LogP contribution >= 0.6 is 15.9 Å². The van der Waals surface area contributed by atoms with E-state index in [-0.39, 0.29) is 0 Å². The summed E-state index contributed by atoms with van der Waals surface area (Å²) in [5, 5.41) is 4.75. The number of benzene rings is 1. The smallest absolute Gasteiger partial charge is 0.0492 e. The number of unbranched alkanes of at least 4 members (excludes halogenated alkanes) is 1. The molecule has 0 saturated carbocycles. The molecule has 0 aliphatic rings. The summed E-state index contributed by atoms with van der Waals surface area (Å²) in [6.07, 6.45) is 5.88. The Morgan fingerprint density at radius 3 is 2.83 bits per heavy atom. The Hall–Kier alpha value is -0.800. The highest BCUT2D eigenvalue weighted by Gasteiger charge is 2.04. The molecular weight excluding hydrogens is 288 g/mol. The third-order valence-corrected chi connectivity index (χ3v) is 3.80. The lowest BCUT2D eigenvalue weighted by Gasteiger charge is -2.06. The van der Waals surface area contributed by atoms with Crippen molar-refractivity contribution in [3.05, 3.63) is 34.9 Å². The molecule has 18 heavy (non-hydrogen) atoms. The fourth-order valence-corrected chi connectivity index (χ4v) is 2.80. The summed E-state index contributed by atoms with van der Waals surface area (Å²) in [5.74, 6) is 0. The summed E-state index contributed by atoms with van der Waals surface area (Å²) in [5.41, 5.74) is 1.32. The van der Waals surface area contributed by atoms with Crippen molar-refractivity contribution in [1.82, 2.24) is 9.88 Å². The number of aromatic nitrogens is 1. The van der Waals surface area contributed by atoms with Crippen LogP contribution < -0.4 is 5.32 Å². The molecule has 0 saturated heterocycles. The molecule has 0 unspecified atom stereocenters. The molecule has 0 fully saturated rings. The first-order valence-corrected chi connectivity index (χ1v) is 7.56. The van der Waals surface area contributed by atoms with E-state index >= 15 is 0 Å². The minimum Gasteiger partial charge on any atom is -0.346 e. The third kappa shape index (κ3) is 3.36. The molecule has 1 aromatic heterocycles. The Morgan fingerprint density at radius 1 is 1.17 bits per heavy atom. The molecule has 0 spiro atoms. The van der Waals surface area contributed by atoms with Gasteiger partial charge in [0.25, 0.3) is 0 Å². The maximum atomic E-state index is 3.63. The van der Waals surface area contributed by atoms with Crippen molar-refractivity contribution < 1.29 is 0 Å². The number of rotatable bonds is 7. The van der Waals surface area contributed by atoms with Crippen LogP contribution in [0.3, 0.4) is 0 Å². The maximum Gasteiger partial charge on any atom is 0.0492 e. The fourth-order valence-electron chi connectivity index (χ4n) is 2.22. The van der Waals surface area contributed by atoms with Crippen molar-refractivity contribution in [3.8, 4) is 0 Å². The van der Waals surface area contributed by atoms with Crippen molar-refractivity contribution in [2.24, 2.45) is 0 Å². The summed E-state index contributed by atoms with van der Waals surface area (Å²) in [4.78, 5) is 0. The lowest BCUT2D eigenvalue weighted by molar-refractivity contribution is 0.574. The summed E-state index contributed by atoms with van der Waals surface area (Å²) >= 11 is 3.63. The predicted molar refractivity (Wildman–Crippen MR) is 82.0 cm³/mol. The molecule has 0 aliphatic heterocycles. The van der Waals surface area contributed by atoms with E-state index in [1.807, 2.05) is 0 Å². The Morgan fingerprint density at radius 2 is 2.00 bits per heavy atom. The summed E-state index contributed by atoms with van der Waals surface area (Å²) in [6, 6.07) is 8.55. The van der Waals surface area contributed by atoms with E-state index in [9.17, 15) is 0 Å². The van der Waals surface area contributed by atoms with E-state index < -0.39 is 0 Å². The van der Waals surface area contributed by atoms with E-state index in [0.717, 1.165) is 19.6 Å². The lowest BCUT2D eigenvalue weighted by Crippen LogP contribution is -2.16. The molecule has 2 aromatic rings. The summed E-state index contributed by atoms with van der Waals surface area (Å²) < 4.78 is 3.54. The quantitative estimate of drug-likeness (QED) is 0.759. The second kappa shape index (κ2) is 6.95. The van der Waals surface area contributed by atoms with Crippen molar-refractivity contribution in [2.45, 2.75) is 32.7 Å². The first-order chi connectivity index (χ1) is 8.83. The zero-order valence-electron chi connectivity index (χ0n) is 11.0. The van der Waals surface area contributed by atoms with Crippen LogP contribution in [0.1, 0.15) is 26.2 Å². The minimum absolute atomic E-state index is 1.10. The highest BCUT2D eigenvalue weighted by atomic mass is 79.9. The molecule has 1 N–H and O–H groups in total. The standard InChI is InChI=1S/C15H21BrN2/c1-2-9-17-10-5-6-11-18-12-14(16)13-7-3-4-8-15(13)18/h3-4,7-8,12,17H,2,5-6,9-11H2,1H3. The lowest BCUT2D eigenvalue weighted by atomic mass is 10.2. The van der Waals surface area contributed by atoms with Gasteiger partial charge in [0, 0.05) is 28.1 Å². The van der Waals surface area contributed by atoms with Crippen molar-refractivity contribution in [3.63, 3.8) is 0 Å². The largest absolute Gasteiger partial charge is 0.346 e. The third-order valence-electron chi connectivity index (χ3n) is 3.17. The Bertz CT molecular complexity index is 490. The molecule has 0 atom stereocenters. The number of fused-ring (bicyclic) bond motifs is 1. The fraction of sp³-hybridized carbons (Fsp3) is 0.467. The average molecular weight is 309 g/mol. The zero-order valence-corrected chi connectivity index (χ0v) is 12.5. The van der Waals surface area contributed by atoms with Gasteiger partial charge in [-0.2, -0.15) is 0 Å².